The molecule has 0 N–H and O–H groups in total. The number of ketones is 1. The number of thiophene rings is 1. The van der Waals surface area contributed by atoms with Crippen LogP contribution in [-0.2, 0) is 7.05 Å². The fourth-order valence-corrected chi connectivity index (χ4v) is 6.57. The van der Waals surface area contributed by atoms with Gasteiger partial charge in [0.15, 0.2) is 0 Å². The summed E-state index contributed by atoms with van der Waals surface area (Å²) in [5, 5.41) is 2.76. The molecule has 0 unspecified atom stereocenters. The maximum atomic E-state index is 13.3. The van der Waals surface area contributed by atoms with Gasteiger partial charge in [-0.1, -0.05) is 66.4 Å². The summed E-state index contributed by atoms with van der Waals surface area (Å²) in [7, 11) is 1.93. The van der Waals surface area contributed by atoms with Crippen molar-refractivity contribution in [1.82, 2.24) is 4.57 Å². The predicted octanol–water partition coefficient (Wildman–Crippen LogP) is 7.16. The molecule has 3 nitrogen and oxygen atoms in total. The molecule has 1 aliphatic carbocycles. The van der Waals surface area contributed by atoms with Crippen LogP contribution >= 0.6 is 23.1 Å². The lowest BCUT2D eigenvalue weighted by Gasteiger charge is -2.13. The molecule has 166 valence electrons. The Morgan fingerprint density at radius 1 is 0.912 bits per heavy atom. The molecule has 5 heteroatoms. The van der Waals surface area contributed by atoms with E-state index in [4.69, 9.17) is 0 Å². The minimum Gasteiger partial charge on any atom is -0.350 e. The molecule has 1 aliphatic rings. The Hall–Kier alpha value is -3.41. The summed E-state index contributed by atoms with van der Waals surface area (Å²) in [5.74, 6) is 0.871. The zero-order chi connectivity index (χ0) is 23.2. The summed E-state index contributed by atoms with van der Waals surface area (Å²) in [5.41, 5.74) is 7.30. The third-order valence-electron chi connectivity index (χ3n) is 6.56. The van der Waals surface area contributed by atoms with E-state index in [1.165, 1.54) is 45.4 Å². The van der Waals surface area contributed by atoms with Crippen molar-refractivity contribution in [2.24, 2.45) is 7.05 Å². The lowest BCUT2D eigenvalue weighted by Crippen LogP contribution is -2.04. The number of carbonyl (C=O) groups is 2. The fraction of sp³-hybridized carbons (Fsp3) is 0.103. The smallest absolute Gasteiger partial charge is 0.219 e. The fourth-order valence-electron chi connectivity index (χ4n) is 4.92. The maximum Gasteiger partial charge on any atom is 0.219 e. The predicted molar refractivity (Wildman–Crippen MR) is 141 cm³/mol. The molecule has 3 aromatic carbocycles. The molecule has 5 aromatic rings. The van der Waals surface area contributed by atoms with Gasteiger partial charge in [-0.15, -0.1) is 11.3 Å². The summed E-state index contributed by atoms with van der Waals surface area (Å²) >= 11 is 2.79. The zero-order valence-corrected chi connectivity index (χ0v) is 20.2. The van der Waals surface area contributed by atoms with Gasteiger partial charge in [-0.2, -0.15) is 0 Å². The molecule has 6 rings (SSSR count). The molecule has 0 bridgehead atoms. The van der Waals surface area contributed by atoms with Crippen molar-refractivity contribution >= 4 is 44.9 Å². The van der Waals surface area contributed by atoms with Gasteiger partial charge in [0.25, 0.3) is 0 Å². The highest BCUT2D eigenvalue weighted by molar-refractivity contribution is 8.14. The summed E-state index contributed by atoms with van der Waals surface area (Å²) in [4.78, 5) is 27.0. The molecule has 0 aliphatic heterocycles. The summed E-state index contributed by atoms with van der Waals surface area (Å²) in [6.07, 6.45) is 1.86. The number of carbonyl (C=O) groups excluding carboxylic acids is 2. The van der Waals surface area contributed by atoms with E-state index >= 15 is 0 Å². The number of fused-ring (bicyclic) bond motifs is 4. The molecule has 2 aromatic heterocycles. The van der Waals surface area contributed by atoms with E-state index in [1.54, 1.807) is 0 Å². The Balaban J connectivity index is 1.29. The van der Waals surface area contributed by atoms with Gasteiger partial charge in [0.05, 0.1) is 4.88 Å². The van der Waals surface area contributed by atoms with Gasteiger partial charge in [0.1, 0.15) is 0 Å². The Morgan fingerprint density at radius 2 is 1.62 bits per heavy atom. The Labute approximate surface area is 206 Å². The monoisotopic (exact) mass is 479 g/mol. The Kier molecular flexibility index (Phi) is 5.24. The van der Waals surface area contributed by atoms with Crippen LogP contribution in [0.2, 0.25) is 0 Å². The van der Waals surface area contributed by atoms with E-state index in [-0.39, 0.29) is 16.8 Å². The van der Waals surface area contributed by atoms with Crippen LogP contribution in [0.3, 0.4) is 0 Å². The van der Waals surface area contributed by atoms with Crippen LogP contribution in [-0.4, -0.2) is 21.2 Å². The number of aromatic nitrogens is 1. The quantitative estimate of drug-likeness (QED) is 0.251. The van der Waals surface area contributed by atoms with Gasteiger partial charge in [-0.25, -0.2) is 0 Å². The number of nitrogens with zero attached hydrogens (tertiary/aromatic N) is 1. The first-order chi connectivity index (χ1) is 16.6. The molecule has 2 heterocycles. The second kappa shape index (κ2) is 8.42. The van der Waals surface area contributed by atoms with Gasteiger partial charge in [0.2, 0.25) is 10.9 Å². The van der Waals surface area contributed by atoms with E-state index in [0.29, 0.717) is 21.8 Å². The molecule has 0 amide bonds. The lowest BCUT2D eigenvalue weighted by atomic mass is 9.99. The van der Waals surface area contributed by atoms with E-state index < -0.39 is 0 Å². The van der Waals surface area contributed by atoms with Crippen LogP contribution < -0.4 is 0 Å². The minimum absolute atomic E-state index is 0.00276. The third kappa shape index (κ3) is 3.44. The number of thioether (sulfide) groups is 1. The van der Waals surface area contributed by atoms with E-state index in [9.17, 15) is 9.59 Å². The molecule has 0 spiro atoms. The molecule has 0 saturated carbocycles. The zero-order valence-electron chi connectivity index (χ0n) is 18.5. The third-order valence-corrected chi connectivity index (χ3v) is 8.42. The topological polar surface area (TPSA) is 39.1 Å². The van der Waals surface area contributed by atoms with Crippen molar-refractivity contribution in [2.45, 2.75) is 5.92 Å². The number of hydrogen-bond donors (Lipinski definition) is 0. The number of aryl methyl sites for hydroxylation is 1. The van der Waals surface area contributed by atoms with E-state index in [1.807, 2.05) is 53.5 Å². The van der Waals surface area contributed by atoms with E-state index in [2.05, 4.69) is 48.5 Å². The van der Waals surface area contributed by atoms with Crippen LogP contribution in [0.15, 0.2) is 90.4 Å². The van der Waals surface area contributed by atoms with Crippen LogP contribution in [0.5, 0.6) is 0 Å². The van der Waals surface area contributed by atoms with Gasteiger partial charge in [-0.3, -0.25) is 9.59 Å². The highest BCUT2D eigenvalue weighted by atomic mass is 32.2. The van der Waals surface area contributed by atoms with Crippen molar-refractivity contribution in [2.75, 3.05) is 5.75 Å². The van der Waals surface area contributed by atoms with Crippen molar-refractivity contribution < 1.29 is 9.59 Å². The average molecular weight is 480 g/mol. The lowest BCUT2D eigenvalue weighted by molar-refractivity contribution is 0.104. The van der Waals surface area contributed by atoms with Gasteiger partial charge in [-0.05, 0) is 51.9 Å². The molecule has 0 atom stereocenters. The first-order valence-corrected chi connectivity index (χ1v) is 13.0. The molecule has 34 heavy (non-hydrogen) atoms. The highest BCUT2D eigenvalue weighted by Crippen LogP contribution is 2.46. The molecule has 0 radical (unpaired) electrons. The molecule has 0 fully saturated rings. The van der Waals surface area contributed by atoms with Crippen LogP contribution in [0, 0.1) is 0 Å². The van der Waals surface area contributed by atoms with Gasteiger partial charge in [0, 0.05) is 46.9 Å². The number of hydrogen-bond acceptors (Lipinski definition) is 4. The van der Waals surface area contributed by atoms with E-state index in [0.717, 1.165) is 10.9 Å². The second-order valence-corrected chi connectivity index (χ2v) is 10.5. The molecule has 0 saturated heterocycles. The van der Waals surface area contributed by atoms with Crippen molar-refractivity contribution in [3.05, 3.63) is 118 Å². The Bertz CT molecular complexity index is 1520. The number of rotatable bonds is 5. The summed E-state index contributed by atoms with van der Waals surface area (Å²) in [6, 6.07) is 26.4. The minimum atomic E-state index is -0.00276. The number of benzene rings is 3. The largest absolute Gasteiger partial charge is 0.350 e. The van der Waals surface area contributed by atoms with Crippen LogP contribution in [0.4, 0.5) is 0 Å². The van der Waals surface area contributed by atoms with Crippen molar-refractivity contribution in [1.29, 1.82) is 0 Å². The second-order valence-electron chi connectivity index (χ2n) is 8.52. The van der Waals surface area contributed by atoms with Crippen LogP contribution in [0.25, 0.3) is 22.0 Å². The Morgan fingerprint density at radius 3 is 2.29 bits per heavy atom. The normalized spacial score (nSPS) is 12.6. The first kappa shape index (κ1) is 21.1. The average Bonchev–Trinajstić information content (AvgIpc) is 3.59. The SMILES string of the molecule is Cn1cc(C(=O)c2cccs2)c2cc(C(=O)SCC3c4ccccc4-c4ccccc43)ccc21. The highest BCUT2D eigenvalue weighted by Gasteiger charge is 2.28. The van der Waals surface area contributed by atoms with Crippen LogP contribution in [0.1, 0.15) is 42.6 Å². The maximum absolute atomic E-state index is 13.3. The van der Waals surface area contributed by atoms with Gasteiger partial charge < -0.3 is 4.57 Å². The summed E-state index contributed by atoms with van der Waals surface area (Å²) < 4.78 is 1.95. The van der Waals surface area contributed by atoms with Gasteiger partial charge >= 0.3 is 0 Å². The van der Waals surface area contributed by atoms with Crippen molar-refractivity contribution in [3.63, 3.8) is 0 Å². The summed E-state index contributed by atoms with van der Waals surface area (Å²) in [6.45, 7) is 0. The molecular formula is C29H21NO2S2. The van der Waals surface area contributed by atoms with Crippen molar-refractivity contribution in [3.8, 4) is 11.1 Å². The molecular weight excluding hydrogens is 458 g/mol. The first-order valence-electron chi connectivity index (χ1n) is 11.1. The standard InChI is InChI=1S/C29H21NO2S2/c1-30-16-24(28(31)27-11-6-14-33-27)23-15-18(12-13-26(23)30)29(32)34-17-25-21-9-4-2-7-19(21)20-8-3-5-10-22(20)25/h2-16,25H,17H2,1H3.